The van der Waals surface area contributed by atoms with Crippen molar-refractivity contribution >= 4 is 6.29 Å². The molecule has 23 heavy (non-hydrogen) atoms. The fraction of sp³-hybridized carbons (Fsp3) is 0.136. The van der Waals surface area contributed by atoms with Crippen LogP contribution >= 0.6 is 0 Å². The zero-order valence-corrected chi connectivity index (χ0v) is 13.2. The molecule has 114 valence electrons. The van der Waals surface area contributed by atoms with Crippen LogP contribution in [0, 0.1) is 0 Å². The SMILES string of the molecule is C[C@@](C=O)(c1ccccc1)C(c1ccccc1)c1ccccc1. The molecule has 1 nitrogen and oxygen atoms in total. The molecular formula is C22H20O. The van der Waals surface area contributed by atoms with E-state index in [1.54, 1.807) is 0 Å². The Kier molecular flexibility index (Phi) is 4.38. The minimum Gasteiger partial charge on any atom is -0.302 e. The molecule has 3 aromatic rings. The van der Waals surface area contributed by atoms with E-state index in [9.17, 15) is 4.79 Å². The zero-order chi connectivity index (χ0) is 16.1. The molecule has 0 unspecified atom stereocenters. The van der Waals surface area contributed by atoms with Crippen LogP contribution < -0.4 is 0 Å². The smallest absolute Gasteiger partial charge is 0.131 e. The van der Waals surface area contributed by atoms with Gasteiger partial charge in [-0.25, -0.2) is 0 Å². The predicted molar refractivity (Wildman–Crippen MR) is 94.6 cm³/mol. The van der Waals surface area contributed by atoms with Crippen LogP contribution in [-0.2, 0) is 10.2 Å². The van der Waals surface area contributed by atoms with E-state index in [2.05, 4.69) is 24.3 Å². The van der Waals surface area contributed by atoms with Gasteiger partial charge in [-0.05, 0) is 23.6 Å². The van der Waals surface area contributed by atoms with Crippen LogP contribution in [0.5, 0.6) is 0 Å². The summed E-state index contributed by atoms with van der Waals surface area (Å²) in [7, 11) is 0. The molecule has 0 bridgehead atoms. The first kappa shape index (κ1) is 15.2. The van der Waals surface area contributed by atoms with Crippen LogP contribution in [0.25, 0.3) is 0 Å². The minimum absolute atomic E-state index is 0.0233. The van der Waals surface area contributed by atoms with E-state index in [0.29, 0.717) is 0 Å². The topological polar surface area (TPSA) is 17.1 Å². The highest BCUT2D eigenvalue weighted by molar-refractivity contribution is 5.72. The van der Waals surface area contributed by atoms with E-state index in [1.165, 1.54) is 0 Å². The molecule has 0 spiro atoms. The van der Waals surface area contributed by atoms with Crippen LogP contribution in [0.15, 0.2) is 91.0 Å². The second-order valence-electron chi connectivity index (χ2n) is 6.02. The summed E-state index contributed by atoms with van der Waals surface area (Å²) in [4.78, 5) is 12.2. The average Bonchev–Trinajstić information content (AvgIpc) is 2.64. The van der Waals surface area contributed by atoms with E-state index in [-0.39, 0.29) is 5.92 Å². The fourth-order valence-corrected chi connectivity index (χ4v) is 3.28. The molecule has 0 radical (unpaired) electrons. The lowest BCUT2D eigenvalue weighted by Gasteiger charge is -2.34. The van der Waals surface area contributed by atoms with Gasteiger partial charge in [0.05, 0.1) is 5.41 Å². The summed E-state index contributed by atoms with van der Waals surface area (Å²) in [5, 5.41) is 0. The third-order valence-corrected chi connectivity index (χ3v) is 4.51. The molecule has 0 aliphatic heterocycles. The van der Waals surface area contributed by atoms with Gasteiger partial charge in [0.2, 0.25) is 0 Å². The summed E-state index contributed by atoms with van der Waals surface area (Å²) in [6, 6.07) is 30.6. The quantitative estimate of drug-likeness (QED) is 0.608. The van der Waals surface area contributed by atoms with Gasteiger partial charge in [0.1, 0.15) is 6.29 Å². The Bertz CT molecular complexity index is 710. The third kappa shape index (κ3) is 2.95. The lowest BCUT2D eigenvalue weighted by molar-refractivity contribution is -0.112. The van der Waals surface area contributed by atoms with Crippen molar-refractivity contribution in [3.63, 3.8) is 0 Å². The lowest BCUT2D eigenvalue weighted by atomic mass is 9.67. The van der Waals surface area contributed by atoms with E-state index in [1.807, 2.05) is 73.7 Å². The monoisotopic (exact) mass is 300 g/mol. The Hall–Kier alpha value is -2.67. The second kappa shape index (κ2) is 6.62. The van der Waals surface area contributed by atoms with Gasteiger partial charge in [0.15, 0.2) is 0 Å². The Morgan fingerprint density at radius 2 is 1.09 bits per heavy atom. The Morgan fingerprint density at radius 3 is 1.48 bits per heavy atom. The predicted octanol–water partition coefficient (Wildman–Crippen LogP) is 4.98. The molecule has 1 heteroatoms. The van der Waals surface area contributed by atoms with Gasteiger partial charge >= 0.3 is 0 Å². The molecule has 0 N–H and O–H groups in total. The van der Waals surface area contributed by atoms with E-state index in [4.69, 9.17) is 0 Å². The highest BCUT2D eigenvalue weighted by Crippen LogP contribution is 2.42. The Balaban J connectivity index is 2.20. The summed E-state index contributed by atoms with van der Waals surface area (Å²) in [5.41, 5.74) is 2.71. The first-order valence-corrected chi connectivity index (χ1v) is 7.87. The fourth-order valence-electron chi connectivity index (χ4n) is 3.28. The second-order valence-corrected chi connectivity index (χ2v) is 6.02. The molecule has 0 aliphatic carbocycles. The normalized spacial score (nSPS) is 13.5. The van der Waals surface area contributed by atoms with Crippen molar-refractivity contribution in [2.75, 3.05) is 0 Å². The maximum absolute atomic E-state index is 12.2. The molecule has 0 heterocycles. The van der Waals surface area contributed by atoms with Crippen molar-refractivity contribution in [3.8, 4) is 0 Å². The van der Waals surface area contributed by atoms with Gasteiger partial charge < -0.3 is 4.79 Å². The largest absolute Gasteiger partial charge is 0.302 e. The molecule has 0 aromatic heterocycles. The number of hydrogen-bond acceptors (Lipinski definition) is 1. The van der Waals surface area contributed by atoms with Gasteiger partial charge in [0.25, 0.3) is 0 Å². The highest BCUT2D eigenvalue weighted by Gasteiger charge is 2.37. The van der Waals surface area contributed by atoms with Crippen LogP contribution in [0.2, 0.25) is 0 Å². The molecule has 0 fully saturated rings. The van der Waals surface area contributed by atoms with Crippen LogP contribution in [0.3, 0.4) is 0 Å². The molecule has 0 amide bonds. The van der Waals surface area contributed by atoms with Crippen molar-refractivity contribution in [2.45, 2.75) is 18.3 Å². The highest BCUT2D eigenvalue weighted by atomic mass is 16.1. The van der Waals surface area contributed by atoms with Gasteiger partial charge in [0, 0.05) is 5.92 Å². The molecular weight excluding hydrogens is 280 g/mol. The maximum Gasteiger partial charge on any atom is 0.131 e. The van der Waals surface area contributed by atoms with Gasteiger partial charge in [-0.15, -0.1) is 0 Å². The molecule has 1 atom stereocenters. The van der Waals surface area contributed by atoms with E-state index >= 15 is 0 Å². The number of rotatable bonds is 5. The van der Waals surface area contributed by atoms with Crippen molar-refractivity contribution in [3.05, 3.63) is 108 Å². The van der Waals surface area contributed by atoms with Crippen LogP contribution in [-0.4, -0.2) is 6.29 Å². The van der Waals surface area contributed by atoms with Crippen molar-refractivity contribution < 1.29 is 4.79 Å². The molecule has 0 saturated heterocycles. The summed E-state index contributed by atoms with van der Waals surface area (Å²) in [6.07, 6.45) is 1.09. The number of carbonyl (C=O) groups excluding carboxylic acids is 1. The standard InChI is InChI=1S/C22H20O/c1-22(17-23,20-15-9-4-10-16-20)21(18-11-5-2-6-12-18)19-13-7-3-8-14-19/h2-17,21H,1H3/t22-/m1/s1. The summed E-state index contributed by atoms with van der Waals surface area (Å²) in [6.45, 7) is 2.03. The van der Waals surface area contributed by atoms with E-state index < -0.39 is 5.41 Å². The molecule has 0 aliphatic rings. The first-order valence-electron chi connectivity index (χ1n) is 7.87. The Morgan fingerprint density at radius 1 is 0.696 bits per heavy atom. The molecule has 3 rings (SSSR count). The number of hydrogen-bond donors (Lipinski definition) is 0. The molecule has 0 saturated carbocycles. The third-order valence-electron chi connectivity index (χ3n) is 4.51. The summed E-state index contributed by atoms with van der Waals surface area (Å²) < 4.78 is 0. The number of aldehydes is 1. The van der Waals surface area contributed by atoms with Crippen LogP contribution in [0.1, 0.15) is 29.5 Å². The van der Waals surface area contributed by atoms with Gasteiger partial charge in [-0.1, -0.05) is 91.0 Å². The van der Waals surface area contributed by atoms with Crippen molar-refractivity contribution in [2.24, 2.45) is 0 Å². The minimum atomic E-state index is -0.621. The van der Waals surface area contributed by atoms with Gasteiger partial charge in [-0.2, -0.15) is 0 Å². The summed E-state index contributed by atoms with van der Waals surface area (Å²) >= 11 is 0. The van der Waals surface area contributed by atoms with Gasteiger partial charge in [-0.3, -0.25) is 0 Å². The Labute approximate surface area is 137 Å². The number of benzene rings is 3. The molecule has 3 aromatic carbocycles. The lowest BCUT2D eigenvalue weighted by Crippen LogP contribution is -2.33. The maximum atomic E-state index is 12.2. The zero-order valence-electron chi connectivity index (χ0n) is 13.2. The summed E-state index contributed by atoms with van der Waals surface area (Å²) in [5.74, 6) is -0.0233. The van der Waals surface area contributed by atoms with Crippen molar-refractivity contribution in [1.29, 1.82) is 0 Å². The number of carbonyl (C=O) groups is 1. The first-order chi connectivity index (χ1) is 11.3. The van der Waals surface area contributed by atoms with Crippen molar-refractivity contribution in [1.82, 2.24) is 0 Å². The average molecular weight is 300 g/mol. The van der Waals surface area contributed by atoms with E-state index in [0.717, 1.165) is 23.0 Å². The van der Waals surface area contributed by atoms with Crippen LogP contribution in [0.4, 0.5) is 0 Å².